The Morgan fingerprint density at radius 1 is 1.00 bits per heavy atom. The first kappa shape index (κ1) is 20.9. The Kier molecular flexibility index (Phi) is 5.95. The number of nitrogens with zero attached hydrogens (tertiary/aromatic N) is 2. The van der Waals surface area contributed by atoms with Crippen molar-refractivity contribution in [1.29, 1.82) is 0 Å². The van der Waals surface area contributed by atoms with E-state index in [1.165, 1.54) is 0 Å². The third-order valence-corrected chi connectivity index (χ3v) is 5.61. The van der Waals surface area contributed by atoms with Crippen LogP contribution < -0.4 is 19.5 Å². The van der Waals surface area contributed by atoms with Crippen molar-refractivity contribution in [2.75, 3.05) is 33.2 Å². The molecule has 1 N–H and O–H groups in total. The summed E-state index contributed by atoms with van der Waals surface area (Å²) >= 11 is 6.08. The minimum absolute atomic E-state index is 0.214. The quantitative estimate of drug-likeness (QED) is 0.617. The van der Waals surface area contributed by atoms with Crippen LogP contribution in [0.25, 0.3) is 0 Å². The lowest BCUT2D eigenvalue weighted by Gasteiger charge is -2.37. The molecule has 3 aromatic rings. The highest BCUT2D eigenvalue weighted by Crippen LogP contribution is 2.43. The highest BCUT2D eigenvalue weighted by atomic mass is 35.5. The molecule has 2 aromatic carbocycles. The Hall–Kier alpha value is -3.32. The van der Waals surface area contributed by atoms with Gasteiger partial charge in [0.05, 0.1) is 27.4 Å². The zero-order valence-electron chi connectivity index (χ0n) is 17.6. The average molecular weight is 442 g/mol. The Balaban J connectivity index is 1.76. The fourth-order valence-electron chi connectivity index (χ4n) is 3.97. The van der Waals surface area contributed by atoms with Gasteiger partial charge in [-0.15, -0.1) is 0 Å². The first-order chi connectivity index (χ1) is 15.0. The number of amides is 2. The largest absolute Gasteiger partial charge is 0.493 e. The molecule has 31 heavy (non-hydrogen) atoms. The second kappa shape index (κ2) is 8.81. The van der Waals surface area contributed by atoms with Gasteiger partial charge in [-0.05, 0) is 48.0 Å². The number of benzene rings is 2. The van der Waals surface area contributed by atoms with E-state index in [1.807, 2.05) is 36.5 Å². The fourth-order valence-corrected chi connectivity index (χ4v) is 4.16. The molecular formula is C23H24ClN3O4. The topological polar surface area (TPSA) is 65.0 Å². The third-order valence-electron chi connectivity index (χ3n) is 5.38. The molecule has 8 heteroatoms. The molecular weight excluding hydrogens is 418 g/mol. The summed E-state index contributed by atoms with van der Waals surface area (Å²) in [7, 11) is 4.72. The van der Waals surface area contributed by atoms with E-state index >= 15 is 0 Å². The van der Waals surface area contributed by atoms with Crippen LogP contribution in [-0.4, -0.2) is 43.4 Å². The van der Waals surface area contributed by atoms with Gasteiger partial charge in [-0.25, -0.2) is 4.79 Å². The zero-order valence-corrected chi connectivity index (χ0v) is 18.3. The number of hydrogen-bond acceptors (Lipinski definition) is 4. The van der Waals surface area contributed by atoms with Gasteiger partial charge in [0.15, 0.2) is 11.5 Å². The lowest BCUT2D eigenvalue weighted by Crippen LogP contribution is -2.44. The van der Waals surface area contributed by atoms with Gasteiger partial charge >= 0.3 is 6.03 Å². The predicted octanol–water partition coefficient (Wildman–Crippen LogP) is 4.80. The molecule has 7 nitrogen and oxygen atoms in total. The van der Waals surface area contributed by atoms with Crippen LogP contribution in [0, 0.1) is 0 Å². The number of halogens is 1. The molecule has 0 fully saturated rings. The molecule has 1 aliphatic rings. The van der Waals surface area contributed by atoms with E-state index in [0.29, 0.717) is 41.0 Å². The molecule has 2 amide bonds. The molecule has 4 rings (SSSR count). The van der Waals surface area contributed by atoms with Crippen LogP contribution in [0.5, 0.6) is 17.2 Å². The number of anilines is 1. The van der Waals surface area contributed by atoms with Crippen molar-refractivity contribution in [3.05, 3.63) is 71.0 Å². The van der Waals surface area contributed by atoms with Crippen LogP contribution in [0.1, 0.15) is 17.3 Å². The maximum Gasteiger partial charge on any atom is 0.322 e. The number of urea groups is 1. The van der Waals surface area contributed by atoms with Gasteiger partial charge in [0.1, 0.15) is 0 Å². The van der Waals surface area contributed by atoms with Gasteiger partial charge in [0, 0.05) is 35.7 Å². The number of carbonyl (C=O) groups excluding carboxylic acids is 1. The Morgan fingerprint density at radius 3 is 2.39 bits per heavy atom. The number of nitrogens with one attached hydrogen (secondary N) is 1. The summed E-state index contributed by atoms with van der Waals surface area (Å²) in [5.41, 5.74) is 2.50. The van der Waals surface area contributed by atoms with E-state index in [1.54, 1.807) is 44.4 Å². The van der Waals surface area contributed by atoms with E-state index < -0.39 is 0 Å². The lowest BCUT2D eigenvalue weighted by molar-refractivity contribution is 0.181. The van der Waals surface area contributed by atoms with Crippen LogP contribution in [0.2, 0.25) is 5.02 Å². The molecule has 0 bridgehead atoms. The van der Waals surface area contributed by atoms with Crippen molar-refractivity contribution in [2.24, 2.45) is 0 Å². The number of carbonyl (C=O) groups is 1. The summed E-state index contributed by atoms with van der Waals surface area (Å²) in [5.74, 6) is 1.58. The minimum Gasteiger partial charge on any atom is -0.493 e. The maximum atomic E-state index is 13.3. The van der Waals surface area contributed by atoms with Gasteiger partial charge in [-0.3, -0.25) is 0 Å². The van der Waals surface area contributed by atoms with Crippen LogP contribution >= 0.6 is 11.6 Å². The average Bonchev–Trinajstić information content (AvgIpc) is 3.26. The predicted molar refractivity (Wildman–Crippen MR) is 120 cm³/mol. The highest BCUT2D eigenvalue weighted by Gasteiger charge is 2.33. The number of ether oxygens (including phenoxy) is 3. The molecule has 0 saturated heterocycles. The Labute approximate surface area is 186 Å². The molecule has 0 radical (unpaired) electrons. The summed E-state index contributed by atoms with van der Waals surface area (Å²) in [5, 5.41) is 3.52. The summed E-state index contributed by atoms with van der Waals surface area (Å²) < 4.78 is 18.7. The van der Waals surface area contributed by atoms with Gasteiger partial charge in [0.25, 0.3) is 0 Å². The van der Waals surface area contributed by atoms with Gasteiger partial charge in [0.2, 0.25) is 5.75 Å². The molecule has 1 aromatic heterocycles. The van der Waals surface area contributed by atoms with Crippen molar-refractivity contribution in [2.45, 2.75) is 12.6 Å². The molecule has 0 saturated carbocycles. The molecule has 1 unspecified atom stereocenters. The van der Waals surface area contributed by atoms with Crippen molar-refractivity contribution < 1.29 is 19.0 Å². The van der Waals surface area contributed by atoms with Crippen LogP contribution in [0.15, 0.2) is 54.7 Å². The first-order valence-corrected chi connectivity index (χ1v) is 10.2. The molecule has 0 spiro atoms. The van der Waals surface area contributed by atoms with E-state index in [-0.39, 0.29) is 12.1 Å². The van der Waals surface area contributed by atoms with Crippen molar-refractivity contribution in [3.8, 4) is 17.2 Å². The lowest BCUT2D eigenvalue weighted by atomic mass is 9.99. The van der Waals surface area contributed by atoms with Crippen molar-refractivity contribution in [1.82, 2.24) is 9.47 Å². The summed E-state index contributed by atoms with van der Waals surface area (Å²) in [6.45, 7) is 1.24. The Morgan fingerprint density at radius 2 is 1.74 bits per heavy atom. The molecule has 2 heterocycles. The highest BCUT2D eigenvalue weighted by molar-refractivity contribution is 6.30. The first-order valence-electron chi connectivity index (χ1n) is 9.84. The van der Waals surface area contributed by atoms with Crippen LogP contribution in [-0.2, 0) is 6.54 Å². The third kappa shape index (κ3) is 4.01. The van der Waals surface area contributed by atoms with Crippen LogP contribution in [0.4, 0.5) is 10.5 Å². The monoisotopic (exact) mass is 441 g/mol. The summed E-state index contributed by atoms with van der Waals surface area (Å²) in [4.78, 5) is 15.1. The molecule has 1 aliphatic heterocycles. The number of fused-ring (bicyclic) bond motifs is 1. The standard InChI is InChI=1S/C23H24ClN3O4/c1-29-19-12-15(13-20(30-2)22(19)31-3)21-18-8-5-9-26(18)10-11-27(21)23(28)25-17-7-4-6-16(24)14-17/h4-9,12-14,21H,10-11H2,1-3H3,(H,25,28). The minimum atomic E-state index is -0.336. The van der Waals surface area contributed by atoms with Gasteiger partial charge in [-0.1, -0.05) is 17.7 Å². The summed E-state index contributed by atoms with van der Waals surface area (Å²) in [6.07, 6.45) is 2.02. The number of hydrogen-bond donors (Lipinski definition) is 1. The number of aromatic nitrogens is 1. The zero-order chi connectivity index (χ0) is 22.0. The van der Waals surface area contributed by atoms with Crippen molar-refractivity contribution in [3.63, 3.8) is 0 Å². The molecule has 162 valence electrons. The molecule has 0 aliphatic carbocycles. The maximum absolute atomic E-state index is 13.3. The van der Waals surface area contributed by atoms with Gasteiger partial charge < -0.3 is 29.0 Å². The van der Waals surface area contributed by atoms with Gasteiger partial charge in [-0.2, -0.15) is 0 Å². The molecule has 1 atom stereocenters. The summed E-state index contributed by atoms with van der Waals surface area (Å²) in [6, 6.07) is 14.3. The van der Waals surface area contributed by atoms with E-state index in [0.717, 1.165) is 11.3 Å². The van der Waals surface area contributed by atoms with Crippen LogP contribution in [0.3, 0.4) is 0 Å². The second-order valence-electron chi connectivity index (χ2n) is 7.12. The SMILES string of the molecule is COc1cc(C2c3cccn3CCN2C(=O)Nc2cccc(Cl)c2)cc(OC)c1OC. The smallest absolute Gasteiger partial charge is 0.322 e. The fraction of sp³-hybridized carbons (Fsp3) is 0.261. The van der Waals surface area contributed by atoms with E-state index in [4.69, 9.17) is 25.8 Å². The van der Waals surface area contributed by atoms with E-state index in [2.05, 4.69) is 9.88 Å². The Bertz CT molecular complexity index is 1070. The second-order valence-corrected chi connectivity index (χ2v) is 7.56. The van der Waals surface area contributed by atoms with E-state index in [9.17, 15) is 4.79 Å². The normalized spacial score (nSPS) is 15.2. The van der Waals surface area contributed by atoms with Crippen molar-refractivity contribution >= 4 is 23.3 Å². The number of rotatable bonds is 5. The number of methoxy groups -OCH3 is 3.